The molecule has 2 aromatic rings. The van der Waals surface area contributed by atoms with Crippen molar-refractivity contribution in [3.63, 3.8) is 0 Å². The maximum absolute atomic E-state index is 12.1. The molecule has 0 unspecified atom stereocenters. The predicted molar refractivity (Wildman–Crippen MR) is 95.5 cm³/mol. The summed E-state index contributed by atoms with van der Waals surface area (Å²) in [5.74, 6) is 1.14. The minimum atomic E-state index is -0.320. The van der Waals surface area contributed by atoms with Crippen molar-refractivity contribution in [2.24, 2.45) is 10.8 Å². The van der Waals surface area contributed by atoms with Gasteiger partial charge in [0.1, 0.15) is 0 Å². The molecule has 0 aliphatic rings. The number of amides is 1. The van der Waals surface area contributed by atoms with Gasteiger partial charge in [0.05, 0.1) is 27.5 Å². The number of nitrogens with one attached hydrogen (secondary N) is 1. The number of carbonyl (C=O) groups excluding carboxylic acids is 1. The van der Waals surface area contributed by atoms with E-state index in [0.717, 1.165) is 5.56 Å². The molecule has 0 aliphatic heterocycles. The summed E-state index contributed by atoms with van der Waals surface area (Å²) < 4.78 is 15.9. The molecule has 0 aliphatic carbocycles. The van der Waals surface area contributed by atoms with E-state index in [1.54, 1.807) is 43.5 Å². The predicted octanol–water partition coefficient (Wildman–Crippen LogP) is 1.93. The summed E-state index contributed by atoms with van der Waals surface area (Å²) in [6.07, 6.45) is 1.48. The van der Waals surface area contributed by atoms with Crippen LogP contribution in [-0.2, 0) is 6.54 Å². The quantitative estimate of drug-likeness (QED) is 0.592. The average Bonchev–Trinajstić information content (AvgIpc) is 2.67. The summed E-state index contributed by atoms with van der Waals surface area (Å²) in [4.78, 5) is 12.1. The highest BCUT2D eigenvalue weighted by molar-refractivity contribution is 5.95. The Kier molecular flexibility index (Phi) is 6.36. The van der Waals surface area contributed by atoms with E-state index in [0.29, 0.717) is 34.9 Å². The first kappa shape index (κ1) is 18.3. The van der Waals surface area contributed by atoms with Gasteiger partial charge in [-0.3, -0.25) is 4.79 Å². The van der Waals surface area contributed by atoms with Gasteiger partial charge < -0.3 is 19.9 Å². The van der Waals surface area contributed by atoms with E-state index < -0.39 is 0 Å². The summed E-state index contributed by atoms with van der Waals surface area (Å²) >= 11 is 0. The van der Waals surface area contributed by atoms with E-state index in [4.69, 9.17) is 19.9 Å². The number of rotatable bonds is 7. The number of nitrogens with two attached hydrogens (primary N) is 1. The molecule has 3 N–H and O–H groups in total. The number of ether oxygens (including phenoxy) is 3. The molecule has 1 amide bonds. The Morgan fingerprint density at radius 2 is 1.72 bits per heavy atom. The molecule has 0 aromatic heterocycles. The highest BCUT2D eigenvalue weighted by Gasteiger charge is 2.14. The summed E-state index contributed by atoms with van der Waals surface area (Å²) in [6.45, 7) is 0.430. The Balaban J connectivity index is 2.14. The highest BCUT2D eigenvalue weighted by atomic mass is 16.5. The Labute approximate surface area is 146 Å². The smallest absolute Gasteiger partial charge is 0.271 e. The van der Waals surface area contributed by atoms with Crippen LogP contribution in [0.2, 0.25) is 0 Å². The molecule has 25 heavy (non-hydrogen) atoms. The highest BCUT2D eigenvalue weighted by Crippen LogP contribution is 2.38. The van der Waals surface area contributed by atoms with Gasteiger partial charge in [0.25, 0.3) is 5.91 Å². The third-order valence-electron chi connectivity index (χ3n) is 3.56. The third kappa shape index (κ3) is 4.27. The van der Waals surface area contributed by atoms with Crippen molar-refractivity contribution in [1.82, 2.24) is 5.43 Å². The lowest BCUT2D eigenvalue weighted by Gasteiger charge is -2.13. The minimum Gasteiger partial charge on any atom is -0.493 e. The zero-order chi connectivity index (χ0) is 18.2. The first-order valence-corrected chi connectivity index (χ1v) is 7.56. The molecule has 0 fully saturated rings. The normalized spacial score (nSPS) is 10.6. The van der Waals surface area contributed by atoms with Crippen LogP contribution in [0.5, 0.6) is 17.2 Å². The maximum Gasteiger partial charge on any atom is 0.271 e. The fraction of sp³-hybridized carbons (Fsp3) is 0.222. The molecule has 7 nitrogen and oxygen atoms in total. The van der Waals surface area contributed by atoms with Crippen LogP contribution in [-0.4, -0.2) is 33.5 Å². The van der Waals surface area contributed by atoms with Gasteiger partial charge in [-0.2, -0.15) is 5.10 Å². The zero-order valence-corrected chi connectivity index (χ0v) is 14.4. The van der Waals surface area contributed by atoms with Crippen LogP contribution in [0, 0.1) is 0 Å². The maximum atomic E-state index is 12.1. The molecule has 0 bridgehead atoms. The SMILES string of the molecule is COc1ccc(/C=N/NC(=O)c2ccc(CN)cc2)c(OC)c1OC. The van der Waals surface area contributed by atoms with E-state index >= 15 is 0 Å². The lowest BCUT2D eigenvalue weighted by Crippen LogP contribution is -2.17. The van der Waals surface area contributed by atoms with Crippen molar-refractivity contribution in [3.05, 3.63) is 53.1 Å². The molecular formula is C18H21N3O4. The minimum absolute atomic E-state index is 0.320. The summed E-state index contributed by atoms with van der Waals surface area (Å²) in [5.41, 5.74) is 10.1. The Morgan fingerprint density at radius 3 is 2.28 bits per heavy atom. The first-order valence-electron chi connectivity index (χ1n) is 7.56. The van der Waals surface area contributed by atoms with Crippen LogP contribution in [0.4, 0.5) is 0 Å². The second-order valence-electron chi connectivity index (χ2n) is 5.02. The van der Waals surface area contributed by atoms with Crippen LogP contribution in [0.1, 0.15) is 21.5 Å². The zero-order valence-electron chi connectivity index (χ0n) is 14.4. The number of hydrazone groups is 1. The van der Waals surface area contributed by atoms with Crippen molar-refractivity contribution in [2.75, 3.05) is 21.3 Å². The summed E-state index contributed by atoms with van der Waals surface area (Å²) in [7, 11) is 4.58. The molecular weight excluding hydrogens is 322 g/mol. The van der Waals surface area contributed by atoms with E-state index in [9.17, 15) is 4.79 Å². The van der Waals surface area contributed by atoms with Gasteiger partial charge >= 0.3 is 0 Å². The second kappa shape index (κ2) is 8.70. The van der Waals surface area contributed by atoms with Crippen LogP contribution >= 0.6 is 0 Å². The topological polar surface area (TPSA) is 95.2 Å². The summed E-state index contributed by atoms with van der Waals surface area (Å²) in [5, 5.41) is 3.97. The van der Waals surface area contributed by atoms with Gasteiger partial charge in [0, 0.05) is 17.7 Å². The number of methoxy groups -OCH3 is 3. The molecule has 7 heteroatoms. The molecule has 0 saturated carbocycles. The van der Waals surface area contributed by atoms with Crippen molar-refractivity contribution in [1.29, 1.82) is 0 Å². The van der Waals surface area contributed by atoms with Gasteiger partial charge in [0.15, 0.2) is 11.5 Å². The van der Waals surface area contributed by atoms with E-state index in [-0.39, 0.29) is 5.91 Å². The standard InChI is InChI=1S/C18H21N3O4/c1-23-15-9-8-14(16(24-2)17(15)25-3)11-20-21-18(22)13-6-4-12(10-19)5-7-13/h4-9,11H,10,19H2,1-3H3,(H,21,22)/b20-11+. The monoisotopic (exact) mass is 343 g/mol. The average molecular weight is 343 g/mol. The van der Waals surface area contributed by atoms with E-state index in [2.05, 4.69) is 10.5 Å². The Hall–Kier alpha value is -3.06. The van der Waals surface area contributed by atoms with Crippen LogP contribution in [0.25, 0.3) is 0 Å². The molecule has 0 atom stereocenters. The molecule has 0 radical (unpaired) electrons. The number of hydrogen-bond donors (Lipinski definition) is 2. The van der Waals surface area contributed by atoms with Crippen LogP contribution < -0.4 is 25.4 Å². The van der Waals surface area contributed by atoms with E-state index in [1.165, 1.54) is 20.4 Å². The molecule has 0 heterocycles. The van der Waals surface area contributed by atoms with Crippen molar-refractivity contribution in [2.45, 2.75) is 6.54 Å². The first-order chi connectivity index (χ1) is 12.1. The van der Waals surface area contributed by atoms with Crippen molar-refractivity contribution >= 4 is 12.1 Å². The second-order valence-corrected chi connectivity index (χ2v) is 5.02. The van der Waals surface area contributed by atoms with Gasteiger partial charge in [-0.1, -0.05) is 12.1 Å². The number of benzene rings is 2. The fourth-order valence-electron chi connectivity index (χ4n) is 2.24. The lowest BCUT2D eigenvalue weighted by atomic mass is 10.1. The Morgan fingerprint density at radius 1 is 1.04 bits per heavy atom. The van der Waals surface area contributed by atoms with Crippen molar-refractivity contribution < 1.29 is 19.0 Å². The van der Waals surface area contributed by atoms with Gasteiger partial charge in [-0.25, -0.2) is 5.43 Å². The third-order valence-corrected chi connectivity index (χ3v) is 3.56. The lowest BCUT2D eigenvalue weighted by molar-refractivity contribution is 0.0955. The number of nitrogens with zero attached hydrogens (tertiary/aromatic N) is 1. The van der Waals surface area contributed by atoms with Gasteiger partial charge in [0.2, 0.25) is 5.75 Å². The molecule has 0 spiro atoms. The van der Waals surface area contributed by atoms with Gasteiger partial charge in [-0.05, 0) is 29.8 Å². The fourth-order valence-corrected chi connectivity index (χ4v) is 2.24. The Bertz CT molecular complexity index is 758. The van der Waals surface area contributed by atoms with Gasteiger partial charge in [-0.15, -0.1) is 0 Å². The molecule has 0 saturated heterocycles. The molecule has 132 valence electrons. The molecule has 2 rings (SSSR count). The van der Waals surface area contributed by atoms with Crippen molar-refractivity contribution in [3.8, 4) is 17.2 Å². The van der Waals surface area contributed by atoms with Crippen LogP contribution in [0.3, 0.4) is 0 Å². The molecule has 2 aromatic carbocycles. The number of carbonyl (C=O) groups is 1. The van der Waals surface area contributed by atoms with Crippen LogP contribution in [0.15, 0.2) is 41.5 Å². The van der Waals surface area contributed by atoms with E-state index in [1.807, 2.05) is 0 Å². The summed E-state index contributed by atoms with van der Waals surface area (Å²) in [6, 6.07) is 10.5. The number of hydrogen-bond acceptors (Lipinski definition) is 6. The largest absolute Gasteiger partial charge is 0.493 e.